The average Bonchev–Trinajstić information content (AvgIpc) is 3.27. The van der Waals surface area contributed by atoms with Gasteiger partial charge < -0.3 is 4.90 Å². The number of fused-ring (bicyclic) bond motifs is 1. The second kappa shape index (κ2) is 6.23. The van der Waals surface area contributed by atoms with Gasteiger partial charge in [-0.05, 0) is 62.1 Å². The predicted molar refractivity (Wildman–Crippen MR) is 87.0 cm³/mol. The molecular formula is C19H25NO2. The van der Waals surface area contributed by atoms with Gasteiger partial charge in [-0.15, -0.1) is 0 Å². The summed E-state index contributed by atoms with van der Waals surface area (Å²) in [6, 6.07) is 6.35. The molecule has 2 aliphatic carbocycles. The maximum atomic E-state index is 12.3. The van der Waals surface area contributed by atoms with Crippen LogP contribution in [0.15, 0.2) is 18.2 Å². The van der Waals surface area contributed by atoms with Gasteiger partial charge in [-0.1, -0.05) is 12.1 Å². The predicted octanol–water partition coefficient (Wildman–Crippen LogP) is 3.40. The minimum absolute atomic E-state index is 0.0916. The number of hydrogen-bond acceptors (Lipinski definition) is 2. The summed E-state index contributed by atoms with van der Waals surface area (Å²) in [6.45, 7) is 2.11. The summed E-state index contributed by atoms with van der Waals surface area (Å²) in [5.41, 5.74) is 3.47. The van der Waals surface area contributed by atoms with Crippen LogP contribution in [-0.2, 0) is 17.6 Å². The Bertz CT molecular complexity index is 589. The van der Waals surface area contributed by atoms with Gasteiger partial charge in [0.05, 0.1) is 0 Å². The van der Waals surface area contributed by atoms with Crippen molar-refractivity contribution in [2.45, 2.75) is 57.9 Å². The van der Waals surface area contributed by atoms with Gasteiger partial charge >= 0.3 is 0 Å². The number of hydrogen-bond donors (Lipinski definition) is 0. The Morgan fingerprint density at radius 3 is 2.64 bits per heavy atom. The van der Waals surface area contributed by atoms with Gasteiger partial charge in [0.25, 0.3) is 0 Å². The SMILES string of the molecule is CC(C1CC1)N(C)C(=O)CCC(=O)c1ccc2c(c1)CCC2. The highest BCUT2D eigenvalue weighted by Gasteiger charge is 2.32. The lowest BCUT2D eigenvalue weighted by Crippen LogP contribution is -2.36. The van der Waals surface area contributed by atoms with Gasteiger partial charge in [-0.3, -0.25) is 9.59 Å². The Hall–Kier alpha value is -1.64. The van der Waals surface area contributed by atoms with Crippen LogP contribution in [0.5, 0.6) is 0 Å². The lowest BCUT2D eigenvalue weighted by atomic mass is 10.0. The summed E-state index contributed by atoms with van der Waals surface area (Å²) in [5.74, 6) is 0.853. The van der Waals surface area contributed by atoms with Crippen LogP contribution in [0.4, 0.5) is 0 Å². The van der Waals surface area contributed by atoms with Gasteiger partial charge in [0, 0.05) is 31.5 Å². The first kappa shape index (κ1) is 15.3. The van der Waals surface area contributed by atoms with E-state index in [1.165, 1.54) is 30.4 Å². The molecule has 1 aromatic rings. The van der Waals surface area contributed by atoms with Crippen molar-refractivity contribution >= 4 is 11.7 Å². The van der Waals surface area contributed by atoms with E-state index in [1.807, 2.05) is 24.1 Å². The maximum absolute atomic E-state index is 12.3. The van der Waals surface area contributed by atoms with E-state index in [2.05, 4.69) is 13.0 Å². The van der Waals surface area contributed by atoms with E-state index in [1.54, 1.807) is 0 Å². The number of benzene rings is 1. The molecule has 0 spiro atoms. The standard InChI is InChI=1S/C19H25NO2/c1-13(14-6-7-14)20(2)19(22)11-10-18(21)17-9-8-15-4-3-5-16(15)12-17/h8-9,12-14H,3-7,10-11H2,1-2H3. The van der Waals surface area contributed by atoms with E-state index in [0.717, 1.165) is 18.4 Å². The third kappa shape index (κ3) is 3.23. The van der Waals surface area contributed by atoms with Crippen LogP contribution < -0.4 is 0 Å². The number of Topliss-reactive ketones (excluding diaryl/α,β-unsaturated/α-hetero) is 1. The highest BCUT2D eigenvalue weighted by Crippen LogP contribution is 2.34. The van der Waals surface area contributed by atoms with Crippen molar-refractivity contribution in [1.29, 1.82) is 0 Å². The molecular weight excluding hydrogens is 274 g/mol. The molecule has 3 heteroatoms. The minimum Gasteiger partial charge on any atom is -0.343 e. The van der Waals surface area contributed by atoms with Gasteiger partial charge in [0.1, 0.15) is 0 Å². The third-order valence-electron chi connectivity index (χ3n) is 5.29. The lowest BCUT2D eigenvalue weighted by Gasteiger charge is -2.24. The molecule has 0 aromatic heterocycles. The normalized spacial score (nSPS) is 17.9. The number of carbonyl (C=O) groups excluding carboxylic acids is 2. The molecule has 0 N–H and O–H groups in total. The van der Waals surface area contributed by atoms with Gasteiger partial charge in [-0.2, -0.15) is 0 Å². The van der Waals surface area contributed by atoms with E-state index in [9.17, 15) is 9.59 Å². The van der Waals surface area contributed by atoms with Crippen LogP contribution in [0, 0.1) is 5.92 Å². The molecule has 0 saturated heterocycles. The van der Waals surface area contributed by atoms with Crippen molar-refractivity contribution in [2.24, 2.45) is 5.92 Å². The summed E-state index contributed by atoms with van der Waals surface area (Å²) in [7, 11) is 1.87. The number of amides is 1. The summed E-state index contributed by atoms with van der Waals surface area (Å²) in [4.78, 5) is 26.4. The second-order valence-electron chi connectivity index (χ2n) is 6.84. The molecule has 0 heterocycles. The summed E-state index contributed by atoms with van der Waals surface area (Å²) in [5, 5.41) is 0. The molecule has 3 rings (SSSR count). The highest BCUT2D eigenvalue weighted by atomic mass is 16.2. The first-order chi connectivity index (χ1) is 10.6. The molecule has 1 saturated carbocycles. The van der Waals surface area contributed by atoms with Crippen molar-refractivity contribution in [3.05, 3.63) is 34.9 Å². The van der Waals surface area contributed by atoms with E-state index in [0.29, 0.717) is 24.8 Å². The summed E-state index contributed by atoms with van der Waals surface area (Å²) >= 11 is 0. The molecule has 0 aliphatic heterocycles. The lowest BCUT2D eigenvalue weighted by molar-refractivity contribution is -0.132. The molecule has 3 nitrogen and oxygen atoms in total. The van der Waals surface area contributed by atoms with Gasteiger partial charge in [0.15, 0.2) is 5.78 Å². The maximum Gasteiger partial charge on any atom is 0.223 e. The van der Waals surface area contributed by atoms with Gasteiger partial charge in [-0.25, -0.2) is 0 Å². The zero-order valence-corrected chi connectivity index (χ0v) is 13.6. The van der Waals surface area contributed by atoms with Crippen LogP contribution >= 0.6 is 0 Å². The molecule has 0 radical (unpaired) electrons. The monoisotopic (exact) mass is 299 g/mol. The molecule has 1 unspecified atom stereocenters. The van der Waals surface area contributed by atoms with Crippen molar-refractivity contribution in [3.8, 4) is 0 Å². The van der Waals surface area contributed by atoms with Crippen molar-refractivity contribution in [3.63, 3.8) is 0 Å². The molecule has 1 aromatic carbocycles. The zero-order valence-electron chi connectivity index (χ0n) is 13.6. The Labute approximate surface area is 132 Å². The fourth-order valence-corrected chi connectivity index (χ4v) is 3.41. The topological polar surface area (TPSA) is 37.4 Å². The smallest absolute Gasteiger partial charge is 0.223 e. The van der Waals surface area contributed by atoms with Crippen LogP contribution in [0.3, 0.4) is 0 Å². The zero-order chi connectivity index (χ0) is 15.7. The van der Waals surface area contributed by atoms with Gasteiger partial charge in [0.2, 0.25) is 5.91 Å². The van der Waals surface area contributed by atoms with Crippen LogP contribution in [0.2, 0.25) is 0 Å². The van der Waals surface area contributed by atoms with Crippen LogP contribution in [-0.4, -0.2) is 29.7 Å². The van der Waals surface area contributed by atoms with E-state index >= 15 is 0 Å². The van der Waals surface area contributed by atoms with Crippen molar-refractivity contribution < 1.29 is 9.59 Å². The molecule has 0 bridgehead atoms. The number of nitrogens with zero attached hydrogens (tertiary/aromatic N) is 1. The fourth-order valence-electron chi connectivity index (χ4n) is 3.41. The molecule has 1 amide bonds. The highest BCUT2D eigenvalue weighted by molar-refractivity contribution is 5.98. The fraction of sp³-hybridized carbons (Fsp3) is 0.579. The Morgan fingerprint density at radius 2 is 1.91 bits per heavy atom. The van der Waals surface area contributed by atoms with Crippen LogP contribution in [0.25, 0.3) is 0 Å². The van der Waals surface area contributed by atoms with E-state index < -0.39 is 0 Å². The molecule has 22 heavy (non-hydrogen) atoms. The Kier molecular flexibility index (Phi) is 4.32. The average molecular weight is 299 g/mol. The quantitative estimate of drug-likeness (QED) is 0.755. The molecule has 1 fully saturated rings. The largest absolute Gasteiger partial charge is 0.343 e. The second-order valence-corrected chi connectivity index (χ2v) is 6.84. The summed E-state index contributed by atoms with van der Waals surface area (Å²) in [6.07, 6.45) is 6.50. The number of rotatable bonds is 6. The van der Waals surface area contributed by atoms with E-state index in [-0.39, 0.29) is 11.7 Å². The first-order valence-corrected chi connectivity index (χ1v) is 8.47. The molecule has 118 valence electrons. The third-order valence-corrected chi connectivity index (χ3v) is 5.29. The Morgan fingerprint density at radius 1 is 1.18 bits per heavy atom. The number of carbonyl (C=O) groups is 2. The first-order valence-electron chi connectivity index (χ1n) is 8.47. The number of aryl methyl sites for hydroxylation is 2. The molecule has 1 atom stereocenters. The minimum atomic E-state index is 0.0916. The van der Waals surface area contributed by atoms with E-state index in [4.69, 9.17) is 0 Å². The number of ketones is 1. The van der Waals surface area contributed by atoms with Crippen LogP contribution in [0.1, 0.15) is 60.5 Å². The molecule has 2 aliphatic rings. The van der Waals surface area contributed by atoms with Crippen molar-refractivity contribution in [2.75, 3.05) is 7.05 Å². The Balaban J connectivity index is 1.54. The van der Waals surface area contributed by atoms with Crippen molar-refractivity contribution in [1.82, 2.24) is 4.90 Å². The summed E-state index contributed by atoms with van der Waals surface area (Å²) < 4.78 is 0.